The summed E-state index contributed by atoms with van der Waals surface area (Å²) in [6.45, 7) is 7.28. The summed E-state index contributed by atoms with van der Waals surface area (Å²) in [5.74, 6) is 1.58. The fourth-order valence-electron chi connectivity index (χ4n) is 3.66. The molecule has 39 heavy (non-hydrogen) atoms. The van der Waals surface area contributed by atoms with Crippen molar-refractivity contribution in [2.75, 3.05) is 0 Å². The summed E-state index contributed by atoms with van der Waals surface area (Å²) < 4.78 is 5.98. The molecule has 9 heteroatoms. The van der Waals surface area contributed by atoms with E-state index in [2.05, 4.69) is 19.9 Å². The molecule has 1 N–H and O–H groups in total. The zero-order valence-electron chi connectivity index (χ0n) is 22.4. The summed E-state index contributed by atoms with van der Waals surface area (Å²) in [5.41, 5.74) is 3.57. The minimum Gasteiger partial charge on any atom is -0.427 e. The van der Waals surface area contributed by atoms with Crippen LogP contribution in [0.15, 0.2) is 91.6 Å². The number of aliphatic hydroxyl groups is 1. The molecule has 0 amide bonds. The summed E-state index contributed by atoms with van der Waals surface area (Å²) in [7, 11) is 0.404. The lowest BCUT2D eigenvalue weighted by molar-refractivity contribution is -0.0893. The highest BCUT2D eigenvalue weighted by Gasteiger charge is 2.35. The van der Waals surface area contributed by atoms with Gasteiger partial charge < -0.3 is 9.76 Å². The Morgan fingerprint density at radius 2 is 1.15 bits per heavy atom. The summed E-state index contributed by atoms with van der Waals surface area (Å²) >= 11 is 0. The van der Waals surface area contributed by atoms with Gasteiger partial charge in [0.25, 0.3) is 0 Å². The molecular weight excluding hydrogens is 487 g/mol. The van der Waals surface area contributed by atoms with Crippen LogP contribution < -0.4 is 5.46 Å². The highest BCUT2D eigenvalue weighted by atomic mass is 16.5. The number of aromatic nitrogens is 6. The third-order valence-corrected chi connectivity index (χ3v) is 6.82. The van der Waals surface area contributed by atoms with Crippen molar-refractivity contribution in [1.29, 1.82) is 0 Å². The molecule has 4 heterocycles. The zero-order chi connectivity index (χ0) is 27.5. The lowest BCUT2D eigenvalue weighted by Crippen LogP contribution is -2.49. The van der Waals surface area contributed by atoms with E-state index in [1.165, 1.54) is 0 Å². The van der Waals surface area contributed by atoms with Crippen molar-refractivity contribution in [2.45, 2.75) is 38.9 Å². The van der Waals surface area contributed by atoms with Crippen molar-refractivity contribution in [2.24, 2.45) is 0 Å². The normalized spacial score (nSPS) is 11.8. The molecule has 0 unspecified atom stereocenters. The number of hydrogen-bond acceptors (Lipinski definition) is 8. The molecule has 0 aliphatic heterocycles. The summed E-state index contributed by atoms with van der Waals surface area (Å²) in [4.78, 5) is 27.2. The van der Waals surface area contributed by atoms with E-state index in [0.717, 1.165) is 33.4 Å². The van der Waals surface area contributed by atoms with Crippen LogP contribution >= 0.6 is 0 Å². The van der Waals surface area contributed by atoms with E-state index in [1.54, 1.807) is 44.8 Å². The van der Waals surface area contributed by atoms with Crippen LogP contribution in [-0.4, -0.2) is 53.7 Å². The quantitative estimate of drug-likeness (QED) is 0.305. The molecular formula is C30H29BN6O2. The Bertz CT molecular complexity index is 1480. The van der Waals surface area contributed by atoms with Crippen LogP contribution in [0.5, 0.6) is 0 Å². The van der Waals surface area contributed by atoms with E-state index >= 15 is 0 Å². The van der Waals surface area contributed by atoms with Crippen molar-refractivity contribution in [1.82, 2.24) is 29.9 Å². The Kier molecular flexibility index (Phi) is 7.28. The van der Waals surface area contributed by atoms with Gasteiger partial charge in [-0.05, 0) is 64.1 Å². The largest absolute Gasteiger partial charge is 0.427 e. The van der Waals surface area contributed by atoms with Crippen molar-refractivity contribution in [3.8, 4) is 45.4 Å². The van der Waals surface area contributed by atoms with Gasteiger partial charge in [0.1, 0.15) is 0 Å². The van der Waals surface area contributed by atoms with Crippen molar-refractivity contribution >= 4 is 12.9 Å². The first-order valence-corrected chi connectivity index (χ1v) is 12.7. The molecule has 1 aromatic carbocycles. The Hall–Kier alpha value is -4.34. The highest BCUT2D eigenvalue weighted by molar-refractivity contribution is 6.47. The first-order valence-electron chi connectivity index (χ1n) is 12.7. The Balaban J connectivity index is 1.39. The number of benzene rings is 1. The molecule has 0 spiro atoms. The average molecular weight is 516 g/mol. The summed E-state index contributed by atoms with van der Waals surface area (Å²) in [6, 6.07) is 19.5. The van der Waals surface area contributed by atoms with Gasteiger partial charge in [0.05, 0.1) is 16.9 Å². The fourth-order valence-corrected chi connectivity index (χ4v) is 3.66. The number of nitrogens with zero attached hydrogens (tertiary/aromatic N) is 6. The first-order chi connectivity index (χ1) is 18.7. The summed E-state index contributed by atoms with van der Waals surface area (Å²) in [6.07, 6.45) is 8.66. The molecule has 0 atom stereocenters. The monoisotopic (exact) mass is 516 g/mol. The molecule has 0 fully saturated rings. The highest BCUT2D eigenvalue weighted by Crippen LogP contribution is 2.26. The Morgan fingerprint density at radius 1 is 0.641 bits per heavy atom. The van der Waals surface area contributed by atoms with E-state index in [0.29, 0.717) is 25.0 Å². The van der Waals surface area contributed by atoms with Gasteiger partial charge in [-0.3, -0.25) is 15.0 Å². The minimum absolute atomic E-state index is 0.404. The van der Waals surface area contributed by atoms with Gasteiger partial charge in [-0.2, -0.15) is 0 Å². The Labute approximate surface area is 228 Å². The van der Waals surface area contributed by atoms with Crippen molar-refractivity contribution in [3.05, 3.63) is 91.6 Å². The van der Waals surface area contributed by atoms with Crippen LogP contribution in [0.25, 0.3) is 45.4 Å². The summed E-state index contributed by atoms with van der Waals surface area (Å²) in [5, 5.41) is 10.3. The predicted molar refractivity (Wildman–Crippen MR) is 153 cm³/mol. The van der Waals surface area contributed by atoms with Crippen LogP contribution in [0.4, 0.5) is 0 Å². The molecule has 0 aliphatic carbocycles. The number of pyridine rings is 3. The van der Waals surface area contributed by atoms with Crippen LogP contribution in [-0.2, 0) is 4.65 Å². The topological polar surface area (TPSA) is 107 Å². The van der Waals surface area contributed by atoms with Gasteiger partial charge in [-0.1, -0.05) is 29.7 Å². The van der Waals surface area contributed by atoms with Gasteiger partial charge in [0, 0.05) is 53.2 Å². The van der Waals surface area contributed by atoms with Crippen LogP contribution in [0.1, 0.15) is 27.7 Å². The van der Waals surface area contributed by atoms with Gasteiger partial charge in [0.2, 0.25) is 0 Å². The first kappa shape index (κ1) is 26.3. The molecule has 194 valence electrons. The van der Waals surface area contributed by atoms with E-state index in [9.17, 15) is 5.11 Å². The molecule has 0 radical (unpaired) electrons. The SMILES string of the molecule is CC(C)(O)C(C)(C)OBc1ccc(-c2ccc(-c3nc(-c4cccnc4)nc(-c4cccnc4)n3)cn2)cc1. The average Bonchev–Trinajstić information content (AvgIpc) is 2.97. The van der Waals surface area contributed by atoms with Gasteiger partial charge >= 0.3 is 7.48 Å². The smallest absolute Gasteiger partial charge is 0.309 e. The van der Waals surface area contributed by atoms with E-state index in [-0.39, 0.29) is 0 Å². The van der Waals surface area contributed by atoms with Gasteiger partial charge in [0.15, 0.2) is 17.5 Å². The fraction of sp³-hybridized carbons (Fsp3) is 0.200. The molecule has 5 rings (SSSR count). The maximum Gasteiger partial charge on any atom is 0.309 e. The van der Waals surface area contributed by atoms with Crippen molar-refractivity contribution < 1.29 is 9.76 Å². The molecule has 5 aromatic rings. The van der Waals surface area contributed by atoms with E-state index in [4.69, 9.17) is 14.6 Å². The van der Waals surface area contributed by atoms with E-state index in [1.807, 2.05) is 74.5 Å². The maximum absolute atomic E-state index is 10.3. The third-order valence-electron chi connectivity index (χ3n) is 6.82. The Morgan fingerprint density at radius 3 is 1.59 bits per heavy atom. The van der Waals surface area contributed by atoms with Crippen LogP contribution in [0, 0.1) is 0 Å². The molecule has 0 saturated carbocycles. The lowest BCUT2D eigenvalue weighted by atomic mass is 9.82. The molecule has 8 nitrogen and oxygen atoms in total. The second-order valence-electron chi connectivity index (χ2n) is 10.3. The van der Waals surface area contributed by atoms with Gasteiger partial charge in [-0.15, -0.1) is 0 Å². The van der Waals surface area contributed by atoms with Crippen molar-refractivity contribution in [3.63, 3.8) is 0 Å². The number of rotatable bonds is 8. The van der Waals surface area contributed by atoms with Crippen LogP contribution in [0.3, 0.4) is 0 Å². The molecule has 0 saturated heterocycles. The molecule has 0 bridgehead atoms. The predicted octanol–water partition coefficient (Wildman–Crippen LogP) is 4.27. The van der Waals surface area contributed by atoms with Gasteiger partial charge in [-0.25, -0.2) is 15.0 Å². The lowest BCUT2D eigenvalue weighted by Gasteiger charge is -2.37. The standard InChI is InChI=1S/C30H29BN6O2/c1-29(2,38)30(3,4)39-31-24-12-9-20(10-13-24)25-14-11-23(19-34-25)28-36-26(21-7-5-15-32-17-21)35-27(37-28)22-8-6-16-33-18-22/h5-19,31,38H,1-4H3. The number of hydrogen-bond donors (Lipinski definition) is 1. The minimum atomic E-state index is -0.950. The van der Waals surface area contributed by atoms with Crippen LogP contribution in [0.2, 0.25) is 0 Å². The molecule has 0 aliphatic rings. The van der Waals surface area contributed by atoms with E-state index < -0.39 is 11.2 Å². The third kappa shape index (κ3) is 6.05. The second kappa shape index (κ2) is 10.8. The zero-order valence-corrected chi connectivity index (χ0v) is 22.4. The second-order valence-corrected chi connectivity index (χ2v) is 10.3. The maximum atomic E-state index is 10.3. The molecule has 4 aromatic heterocycles.